The number of aromatic nitrogens is 1. The molecule has 0 aliphatic carbocycles. The van der Waals surface area contributed by atoms with Crippen molar-refractivity contribution < 1.29 is 9.53 Å². The standard InChI is InChI=1S/C10H12ClN3O2S/c1-3-14(5-4-8(15)16-2)10-7(6-12)9(11)13-17-10/h3-5H2,1-2H3. The first kappa shape index (κ1) is 13.7. The number of methoxy groups -OCH3 is 1. The lowest BCUT2D eigenvalue weighted by Gasteiger charge is -2.20. The Kier molecular flexibility index (Phi) is 5.19. The summed E-state index contributed by atoms with van der Waals surface area (Å²) in [5.74, 6) is -0.280. The Balaban J connectivity index is 2.80. The summed E-state index contributed by atoms with van der Waals surface area (Å²) in [6.07, 6.45) is 0.269. The van der Waals surface area contributed by atoms with Crippen LogP contribution in [0.4, 0.5) is 5.00 Å². The van der Waals surface area contributed by atoms with E-state index < -0.39 is 0 Å². The normalized spacial score (nSPS) is 9.76. The van der Waals surface area contributed by atoms with Gasteiger partial charge in [-0.3, -0.25) is 4.79 Å². The van der Waals surface area contributed by atoms with Crippen LogP contribution in [0.1, 0.15) is 18.9 Å². The van der Waals surface area contributed by atoms with E-state index >= 15 is 0 Å². The van der Waals surface area contributed by atoms with Gasteiger partial charge in [0.05, 0.1) is 13.5 Å². The van der Waals surface area contributed by atoms with Gasteiger partial charge in [-0.1, -0.05) is 11.6 Å². The fourth-order valence-electron chi connectivity index (χ4n) is 1.30. The zero-order valence-corrected chi connectivity index (χ0v) is 11.1. The Labute approximate surface area is 109 Å². The monoisotopic (exact) mass is 273 g/mol. The van der Waals surface area contributed by atoms with Gasteiger partial charge in [-0.05, 0) is 18.5 Å². The molecule has 7 heteroatoms. The molecule has 0 bridgehead atoms. The van der Waals surface area contributed by atoms with E-state index in [2.05, 4.69) is 9.11 Å². The molecule has 0 atom stereocenters. The van der Waals surface area contributed by atoms with Crippen molar-refractivity contribution in [2.75, 3.05) is 25.1 Å². The van der Waals surface area contributed by atoms with Gasteiger partial charge < -0.3 is 9.64 Å². The molecular formula is C10H12ClN3O2S. The maximum Gasteiger partial charge on any atom is 0.307 e. The van der Waals surface area contributed by atoms with E-state index in [9.17, 15) is 4.79 Å². The minimum atomic E-state index is -0.280. The summed E-state index contributed by atoms with van der Waals surface area (Å²) in [6, 6.07) is 2.02. The summed E-state index contributed by atoms with van der Waals surface area (Å²) in [4.78, 5) is 13.0. The van der Waals surface area contributed by atoms with Crippen molar-refractivity contribution in [3.8, 4) is 6.07 Å². The van der Waals surface area contributed by atoms with Crippen molar-refractivity contribution in [3.63, 3.8) is 0 Å². The molecule has 17 heavy (non-hydrogen) atoms. The van der Waals surface area contributed by atoms with E-state index in [1.165, 1.54) is 7.11 Å². The Morgan fingerprint density at radius 3 is 2.94 bits per heavy atom. The van der Waals surface area contributed by atoms with Crippen molar-refractivity contribution in [2.24, 2.45) is 0 Å². The SMILES string of the molecule is CCN(CCC(=O)OC)c1snc(Cl)c1C#N. The highest BCUT2D eigenvalue weighted by Crippen LogP contribution is 2.31. The van der Waals surface area contributed by atoms with Crippen LogP contribution in [0.15, 0.2) is 0 Å². The molecule has 1 aromatic heterocycles. The molecule has 0 aliphatic rings. The number of carbonyl (C=O) groups excluding carboxylic acids is 1. The van der Waals surface area contributed by atoms with Gasteiger partial charge in [0, 0.05) is 13.1 Å². The van der Waals surface area contributed by atoms with Crippen LogP contribution in [0.3, 0.4) is 0 Å². The van der Waals surface area contributed by atoms with Crippen LogP contribution in [0.5, 0.6) is 0 Å². The largest absolute Gasteiger partial charge is 0.469 e. The summed E-state index contributed by atoms with van der Waals surface area (Å²) in [5, 5.41) is 9.88. The topological polar surface area (TPSA) is 66.2 Å². The van der Waals surface area contributed by atoms with Crippen molar-refractivity contribution >= 4 is 34.1 Å². The van der Waals surface area contributed by atoms with Gasteiger partial charge in [-0.25, -0.2) is 0 Å². The molecule has 0 amide bonds. The van der Waals surface area contributed by atoms with Crippen LogP contribution in [0.2, 0.25) is 5.15 Å². The number of ether oxygens (including phenoxy) is 1. The van der Waals surface area contributed by atoms with Crippen molar-refractivity contribution in [3.05, 3.63) is 10.7 Å². The lowest BCUT2D eigenvalue weighted by atomic mass is 10.3. The number of nitrogens with zero attached hydrogens (tertiary/aromatic N) is 3. The molecule has 0 aliphatic heterocycles. The van der Waals surface area contributed by atoms with Crippen LogP contribution >= 0.6 is 23.1 Å². The Morgan fingerprint density at radius 1 is 1.71 bits per heavy atom. The maximum absolute atomic E-state index is 11.1. The molecule has 1 heterocycles. The molecule has 1 aromatic rings. The number of rotatable bonds is 5. The fraction of sp³-hybridized carbons (Fsp3) is 0.500. The number of carbonyl (C=O) groups is 1. The summed E-state index contributed by atoms with van der Waals surface area (Å²) in [7, 11) is 1.35. The molecule has 1 rings (SSSR count). The van der Waals surface area contributed by atoms with Crippen molar-refractivity contribution in [1.82, 2.24) is 4.37 Å². The third kappa shape index (κ3) is 3.32. The molecular weight excluding hydrogens is 262 g/mol. The third-order valence-corrected chi connectivity index (χ3v) is 3.51. The third-order valence-electron chi connectivity index (χ3n) is 2.23. The highest BCUT2D eigenvalue weighted by atomic mass is 35.5. The van der Waals surface area contributed by atoms with Crippen LogP contribution < -0.4 is 4.90 Å². The second-order valence-electron chi connectivity index (χ2n) is 3.17. The number of hydrogen-bond donors (Lipinski definition) is 0. The molecule has 0 saturated carbocycles. The zero-order chi connectivity index (χ0) is 12.8. The van der Waals surface area contributed by atoms with Crippen molar-refractivity contribution in [2.45, 2.75) is 13.3 Å². The quantitative estimate of drug-likeness (QED) is 0.768. The Hall–Kier alpha value is -1.32. The molecule has 0 N–H and O–H groups in total. The lowest BCUT2D eigenvalue weighted by molar-refractivity contribution is -0.140. The highest BCUT2D eigenvalue weighted by molar-refractivity contribution is 7.10. The average Bonchev–Trinajstić information content (AvgIpc) is 2.71. The number of anilines is 1. The van der Waals surface area contributed by atoms with Gasteiger partial charge in [0.15, 0.2) is 5.15 Å². The minimum Gasteiger partial charge on any atom is -0.469 e. The molecule has 0 unspecified atom stereocenters. The molecule has 0 saturated heterocycles. The van der Waals surface area contributed by atoms with Gasteiger partial charge >= 0.3 is 5.97 Å². The first-order chi connectivity index (χ1) is 8.13. The van der Waals surface area contributed by atoms with E-state index in [1.807, 2.05) is 17.9 Å². The predicted octanol–water partition coefficient (Wildman–Crippen LogP) is 2.06. The predicted molar refractivity (Wildman–Crippen MR) is 66.4 cm³/mol. The van der Waals surface area contributed by atoms with Gasteiger partial charge in [0.25, 0.3) is 0 Å². The summed E-state index contributed by atoms with van der Waals surface area (Å²) < 4.78 is 8.50. The Bertz CT molecular complexity index is 441. The van der Waals surface area contributed by atoms with Gasteiger partial charge in [-0.2, -0.15) is 9.64 Å². The van der Waals surface area contributed by atoms with Crippen LogP contribution in [0, 0.1) is 11.3 Å². The number of nitriles is 1. The van der Waals surface area contributed by atoms with Crippen LogP contribution in [0.25, 0.3) is 0 Å². The summed E-state index contributed by atoms with van der Waals surface area (Å²) in [6.45, 7) is 3.09. The number of halogens is 1. The van der Waals surface area contributed by atoms with Gasteiger partial charge in [0.2, 0.25) is 0 Å². The molecule has 0 fully saturated rings. The second kappa shape index (κ2) is 6.42. The van der Waals surface area contributed by atoms with Gasteiger partial charge in [-0.15, -0.1) is 0 Å². The average molecular weight is 274 g/mol. The summed E-state index contributed by atoms with van der Waals surface area (Å²) >= 11 is 6.96. The van der Waals surface area contributed by atoms with Crippen LogP contribution in [-0.2, 0) is 9.53 Å². The molecule has 0 spiro atoms. The molecule has 92 valence electrons. The van der Waals surface area contributed by atoms with Gasteiger partial charge in [0.1, 0.15) is 16.6 Å². The van der Waals surface area contributed by atoms with E-state index in [0.717, 1.165) is 11.5 Å². The first-order valence-electron chi connectivity index (χ1n) is 5.01. The van der Waals surface area contributed by atoms with E-state index in [0.29, 0.717) is 23.7 Å². The lowest BCUT2D eigenvalue weighted by Crippen LogP contribution is -2.25. The van der Waals surface area contributed by atoms with Crippen molar-refractivity contribution in [1.29, 1.82) is 5.26 Å². The first-order valence-corrected chi connectivity index (χ1v) is 6.16. The van der Waals surface area contributed by atoms with E-state index in [4.69, 9.17) is 16.9 Å². The summed E-state index contributed by atoms with van der Waals surface area (Å²) in [5.41, 5.74) is 0.364. The Morgan fingerprint density at radius 2 is 2.41 bits per heavy atom. The molecule has 0 radical (unpaired) electrons. The zero-order valence-electron chi connectivity index (χ0n) is 9.57. The minimum absolute atomic E-state index is 0.212. The smallest absolute Gasteiger partial charge is 0.307 e. The second-order valence-corrected chi connectivity index (χ2v) is 4.28. The number of esters is 1. The highest BCUT2D eigenvalue weighted by Gasteiger charge is 2.17. The van der Waals surface area contributed by atoms with E-state index in [1.54, 1.807) is 0 Å². The number of hydrogen-bond acceptors (Lipinski definition) is 6. The van der Waals surface area contributed by atoms with E-state index in [-0.39, 0.29) is 17.5 Å². The maximum atomic E-state index is 11.1. The molecule has 5 nitrogen and oxygen atoms in total. The fourth-order valence-corrected chi connectivity index (χ4v) is 2.42. The molecule has 0 aromatic carbocycles. The van der Waals surface area contributed by atoms with Crippen LogP contribution in [-0.4, -0.2) is 30.5 Å².